The number of aliphatic hydroxyl groups is 1. The molecule has 2 aromatic rings. The third-order valence-electron chi connectivity index (χ3n) is 11.2. The second-order valence-electron chi connectivity index (χ2n) is 18.8. The number of benzene rings is 2. The van der Waals surface area contributed by atoms with Crippen molar-refractivity contribution < 1.29 is 131 Å². The van der Waals surface area contributed by atoms with E-state index in [-0.39, 0.29) is 19.8 Å². The van der Waals surface area contributed by atoms with Gasteiger partial charge in [-0.1, -0.05) is 60.7 Å². The molecule has 0 saturated heterocycles. The van der Waals surface area contributed by atoms with Gasteiger partial charge in [0.1, 0.15) is 0 Å². The summed E-state index contributed by atoms with van der Waals surface area (Å²) in [6, 6.07) is 20.1. The molecule has 0 heterocycles. The van der Waals surface area contributed by atoms with Crippen LogP contribution in [0.1, 0.15) is 11.1 Å². The summed E-state index contributed by atoms with van der Waals surface area (Å²) < 4.78 is 157. The number of rotatable bonds is 76. The summed E-state index contributed by atoms with van der Waals surface area (Å²) in [5, 5.41) is 8.57. The molecular formula is C63H114O28S. The van der Waals surface area contributed by atoms with Gasteiger partial charge in [0.2, 0.25) is 0 Å². The zero-order valence-corrected chi connectivity index (χ0v) is 55.8. The van der Waals surface area contributed by atoms with E-state index in [0.29, 0.717) is 311 Å². The van der Waals surface area contributed by atoms with E-state index in [0.717, 1.165) is 17.4 Å². The first kappa shape index (κ1) is 87.4. The molecule has 0 amide bonds. The lowest BCUT2D eigenvalue weighted by molar-refractivity contribution is -0.0287. The number of aliphatic hydroxyl groups excluding tert-OH is 1. The van der Waals surface area contributed by atoms with Gasteiger partial charge in [0.25, 0.3) is 10.1 Å². The Morgan fingerprint density at radius 2 is 0.359 bits per heavy atom. The summed E-state index contributed by atoms with van der Waals surface area (Å²) in [5.74, 6) is 0. The molecule has 28 nitrogen and oxygen atoms in total. The largest absolute Gasteiger partial charge is 0.394 e. The van der Waals surface area contributed by atoms with Gasteiger partial charge in [-0.3, -0.25) is 4.18 Å². The lowest BCUT2D eigenvalue weighted by Crippen LogP contribution is -2.15. The maximum atomic E-state index is 10.8. The van der Waals surface area contributed by atoms with Gasteiger partial charge in [-0.25, -0.2) is 0 Å². The molecule has 92 heavy (non-hydrogen) atoms. The molecule has 0 spiro atoms. The second-order valence-corrected chi connectivity index (χ2v) is 20.4. The van der Waals surface area contributed by atoms with Crippen molar-refractivity contribution in [2.24, 2.45) is 0 Å². The Hall–Kier alpha value is -2.65. The van der Waals surface area contributed by atoms with Gasteiger partial charge in [-0.2, -0.15) is 8.42 Å². The molecule has 0 atom stereocenters. The first-order valence-electron chi connectivity index (χ1n) is 31.9. The Bertz CT molecular complexity index is 1790. The average molecular weight is 1350 g/mol. The Balaban J connectivity index is 0.000000923. The van der Waals surface area contributed by atoms with E-state index in [1.165, 1.54) is 0 Å². The third kappa shape index (κ3) is 74.7. The SMILES string of the molecule is CS(=O)(=O)OCCOCCOCCOCCOCCOCCOCCOCCOCCOCCOCCOCCOCc1ccccc1.OCCOCCOCCOCCOCCOCCOCCOCCOCCOCCOCCOCCOCc1ccccc1. The van der Waals surface area contributed by atoms with Gasteiger partial charge in [0.05, 0.1) is 337 Å². The lowest BCUT2D eigenvalue weighted by Gasteiger charge is -2.09. The smallest absolute Gasteiger partial charge is 0.264 e. The predicted molar refractivity (Wildman–Crippen MR) is 338 cm³/mol. The van der Waals surface area contributed by atoms with E-state index in [1.807, 2.05) is 60.7 Å². The van der Waals surface area contributed by atoms with Gasteiger partial charge < -0.3 is 119 Å². The Kier molecular flexibility index (Phi) is 71.9. The fourth-order valence-corrected chi connectivity index (χ4v) is 7.05. The van der Waals surface area contributed by atoms with Crippen LogP contribution < -0.4 is 0 Å². The van der Waals surface area contributed by atoms with Crippen molar-refractivity contribution in [1.29, 1.82) is 0 Å². The monoisotopic (exact) mass is 1350 g/mol. The first-order chi connectivity index (χ1) is 45.5. The Labute approximate surface area is 548 Å². The van der Waals surface area contributed by atoms with Crippen molar-refractivity contribution in [3.8, 4) is 0 Å². The van der Waals surface area contributed by atoms with Crippen molar-refractivity contribution in [1.82, 2.24) is 0 Å². The van der Waals surface area contributed by atoms with Crippen LogP contribution in [0.25, 0.3) is 0 Å². The molecule has 0 bridgehead atoms. The number of hydrogen-bond acceptors (Lipinski definition) is 28. The van der Waals surface area contributed by atoms with Crippen LogP contribution in [0.15, 0.2) is 60.7 Å². The van der Waals surface area contributed by atoms with Gasteiger partial charge in [-0.15, -0.1) is 0 Å². The fourth-order valence-electron chi connectivity index (χ4n) is 6.68. The van der Waals surface area contributed by atoms with Gasteiger partial charge in [0.15, 0.2) is 0 Å². The minimum absolute atomic E-state index is 0.00340. The Morgan fingerprint density at radius 1 is 0.217 bits per heavy atom. The van der Waals surface area contributed by atoms with E-state index >= 15 is 0 Å². The van der Waals surface area contributed by atoms with Crippen LogP contribution in [0.2, 0.25) is 0 Å². The molecule has 0 aliphatic heterocycles. The highest BCUT2D eigenvalue weighted by Crippen LogP contribution is 2.02. The third-order valence-corrected chi connectivity index (χ3v) is 11.8. The van der Waals surface area contributed by atoms with Crippen molar-refractivity contribution in [2.45, 2.75) is 13.2 Å². The summed E-state index contributed by atoms with van der Waals surface area (Å²) in [5.41, 5.74) is 2.31. The molecular weight excluding hydrogens is 1240 g/mol. The minimum Gasteiger partial charge on any atom is -0.394 e. The predicted octanol–water partition coefficient (Wildman–Crippen LogP) is 2.74. The van der Waals surface area contributed by atoms with Gasteiger partial charge >= 0.3 is 0 Å². The molecule has 540 valence electrons. The Morgan fingerprint density at radius 3 is 0.511 bits per heavy atom. The molecule has 0 aliphatic carbocycles. The van der Waals surface area contributed by atoms with E-state index in [2.05, 4.69) is 4.18 Å². The van der Waals surface area contributed by atoms with Crippen LogP contribution >= 0.6 is 0 Å². The summed E-state index contributed by atoms with van der Waals surface area (Å²) in [7, 11) is -3.42. The van der Waals surface area contributed by atoms with Crippen LogP contribution in [0, 0.1) is 0 Å². The number of hydrogen-bond donors (Lipinski definition) is 1. The zero-order chi connectivity index (χ0) is 65.8. The molecule has 0 fully saturated rings. The lowest BCUT2D eigenvalue weighted by atomic mass is 10.2. The summed E-state index contributed by atoms with van der Waals surface area (Å²) in [6.45, 7) is 23.7. The molecule has 0 unspecified atom stereocenters. The molecule has 0 saturated carbocycles. The van der Waals surface area contributed by atoms with Gasteiger partial charge in [-0.05, 0) is 11.1 Å². The van der Waals surface area contributed by atoms with E-state index < -0.39 is 10.1 Å². The van der Waals surface area contributed by atoms with E-state index in [4.69, 9.17) is 119 Å². The normalized spacial score (nSPS) is 11.7. The quantitative estimate of drug-likeness (QED) is 0.0736. The van der Waals surface area contributed by atoms with Crippen molar-refractivity contribution in [2.75, 3.05) is 323 Å². The molecule has 2 aromatic carbocycles. The van der Waals surface area contributed by atoms with Crippen molar-refractivity contribution in [3.05, 3.63) is 71.8 Å². The summed E-state index contributed by atoms with van der Waals surface area (Å²) in [6.07, 6.45) is 0.996. The average Bonchev–Trinajstić information content (AvgIpc) is 3.73. The van der Waals surface area contributed by atoms with E-state index in [9.17, 15) is 8.42 Å². The fraction of sp³-hybridized carbons (Fsp3) is 0.810. The minimum atomic E-state index is -3.42. The zero-order valence-electron chi connectivity index (χ0n) is 55.0. The van der Waals surface area contributed by atoms with Crippen LogP contribution in [0.4, 0.5) is 0 Å². The highest BCUT2D eigenvalue weighted by atomic mass is 32.2. The molecule has 29 heteroatoms. The highest BCUT2D eigenvalue weighted by molar-refractivity contribution is 7.85. The molecule has 0 aliphatic rings. The van der Waals surface area contributed by atoms with Crippen LogP contribution in [-0.2, 0) is 141 Å². The molecule has 1 N–H and O–H groups in total. The number of ether oxygens (including phenoxy) is 24. The van der Waals surface area contributed by atoms with E-state index in [1.54, 1.807) is 0 Å². The second kappa shape index (κ2) is 75.7. The topological polar surface area (TPSA) is 285 Å². The van der Waals surface area contributed by atoms with Crippen molar-refractivity contribution in [3.63, 3.8) is 0 Å². The molecule has 0 aromatic heterocycles. The maximum absolute atomic E-state index is 10.8. The standard InChI is InChI=1S/C32H58O15S.C31H56O13/c1-48(33,34)47-30-29-45-26-25-43-22-21-41-18-17-39-14-13-37-10-9-35-7-8-36-11-12-38-15-16-40-19-20-42-23-24-44-27-28-46-31-32-5-3-2-4-6-32;32-6-7-33-8-9-34-10-11-35-12-13-36-14-15-37-16-17-38-18-19-39-20-21-40-22-23-41-24-25-42-26-27-43-28-29-44-30-31-4-2-1-3-5-31/h2-6H,7-31H2,1H3;1-5,32H,6-30H2. The maximum Gasteiger partial charge on any atom is 0.264 e. The van der Waals surface area contributed by atoms with Crippen molar-refractivity contribution >= 4 is 10.1 Å². The first-order valence-corrected chi connectivity index (χ1v) is 33.7. The van der Waals surface area contributed by atoms with Gasteiger partial charge in [0, 0.05) is 0 Å². The molecule has 0 radical (unpaired) electrons. The van der Waals surface area contributed by atoms with Crippen LogP contribution in [0.5, 0.6) is 0 Å². The summed E-state index contributed by atoms with van der Waals surface area (Å²) >= 11 is 0. The highest BCUT2D eigenvalue weighted by Gasteiger charge is 2.03. The van der Waals surface area contributed by atoms with Crippen LogP contribution in [0.3, 0.4) is 0 Å². The van der Waals surface area contributed by atoms with Crippen LogP contribution in [-0.4, -0.2) is 337 Å². The molecule has 2 rings (SSSR count). The summed E-state index contributed by atoms with van der Waals surface area (Å²) in [4.78, 5) is 0.